The maximum Gasteiger partial charge on any atom is 0.229 e. The number of benzene rings is 2. The molecule has 0 aromatic heterocycles. The summed E-state index contributed by atoms with van der Waals surface area (Å²) in [6, 6.07) is 11.6. The van der Waals surface area contributed by atoms with E-state index in [9.17, 15) is 4.79 Å². The minimum Gasteiger partial charge on any atom is -0.497 e. The Balaban J connectivity index is 1.52. The summed E-state index contributed by atoms with van der Waals surface area (Å²) in [6.07, 6.45) is 1.46. The van der Waals surface area contributed by atoms with E-state index in [1.165, 1.54) is 0 Å². The van der Waals surface area contributed by atoms with Crippen molar-refractivity contribution in [2.24, 2.45) is 5.92 Å². The van der Waals surface area contributed by atoms with Gasteiger partial charge in [-0.25, -0.2) is 0 Å². The fraction of sp³-hybridized carbons (Fsp3) is 0.409. The zero-order valence-electron chi connectivity index (χ0n) is 16.3. The molecule has 28 heavy (non-hydrogen) atoms. The summed E-state index contributed by atoms with van der Waals surface area (Å²) in [6.45, 7) is 2.12. The molecule has 6 nitrogen and oxygen atoms in total. The first-order valence-electron chi connectivity index (χ1n) is 9.56. The predicted molar refractivity (Wildman–Crippen MR) is 104 cm³/mol. The Morgan fingerprint density at radius 3 is 2.82 bits per heavy atom. The topological polar surface area (TPSA) is 57.2 Å². The Kier molecular flexibility index (Phi) is 5.28. The maximum absolute atomic E-state index is 13.3. The summed E-state index contributed by atoms with van der Waals surface area (Å²) in [4.78, 5) is 15.2. The first-order chi connectivity index (χ1) is 13.7. The van der Waals surface area contributed by atoms with Gasteiger partial charge in [-0.3, -0.25) is 4.79 Å². The van der Waals surface area contributed by atoms with Gasteiger partial charge in [0.05, 0.1) is 26.7 Å². The zero-order valence-corrected chi connectivity index (χ0v) is 16.3. The highest BCUT2D eigenvalue weighted by atomic mass is 16.5. The van der Waals surface area contributed by atoms with Crippen molar-refractivity contribution in [1.29, 1.82) is 0 Å². The van der Waals surface area contributed by atoms with Crippen LogP contribution in [0.5, 0.6) is 23.0 Å². The molecule has 0 saturated heterocycles. The van der Waals surface area contributed by atoms with Crippen molar-refractivity contribution in [3.8, 4) is 23.0 Å². The van der Waals surface area contributed by atoms with Crippen LogP contribution < -0.4 is 18.9 Å². The van der Waals surface area contributed by atoms with Gasteiger partial charge < -0.3 is 23.8 Å². The third-order valence-corrected chi connectivity index (χ3v) is 5.30. The number of carbonyl (C=O) groups is 1. The molecule has 0 saturated carbocycles. The van der Waals surface area contributed by atoms with Crippen LogP contribution in [-0.2, 0) is 17.8 Å². The van der Waals surface area contributed by atoms with E-state index in [4.69, 9.17) is 18.9 Å². The summed E-state index contributed by atoms with van der Waals surface area (Å²) in [5.74, 6) is 2.94. The molecule has 2 aromatic rings. The molecule has 0 fully saturated rings. The molecule has 2 heterocycles. The summed E-state index contributed by atoms with van der Waals surface area (Å²) < 4.78 is 22.4. The number of amides is 1. The molecule has 1 amide bonds. The lowest BCUT2D eigenvalue weighted by Crippen LogP contribution is -2.41. The Hall–Kier alpha value is -2.89. The van der Waals surface area contributed by atoms with Gasteiger partial charge >= 0.3 is 0 Å². The second kappa shape index (κ2) is 8.00. The van der Waals surface area contributed by atoms with Crippen molar-refractivity contribution in [3.63, 3.8) is 0 Å². The number of carbonyl (C=O) groups excluding carboxylic acids is 1. The van der Waals surface area contributed by atoms with E-state index < -0.39 is 0 Å². The van der Waals surface area contributed by atoms with Crippen LogP contribution in [0.2, 0.25) is 0 Å². The van der Waals surface area contributed by atoms with Crippen molar-refractivity contribution >= 4 is 5.91 Å². The van der Waals surface area contributed by atoms with Gasteiger partial charge in [-0.05, 0) is 30.5 Å². The molecule has 0 N–H and O–H groups in total. The van der Waals surface area contributed by atoms with Gasteiger partial charge in [-0.2, -0.15) is 0 Å². The number of rotatable bonds is 3. The van der Waals surface area contributed by atoms with E-state index in [1.807, 2.05) is 41.3 Å². The highest BCUT2D eigenvalue weighted by Gasteiger charge is 2.31. The third kappa shape index (κ3) is 3.59. The summed E-state index contributed by atoms with van der Waals surface area (Å²) in [7, 11) is 3.27. The Bertz CT molecular complexity index is 866. The molecule has 6 heteroatoms. The first kappa shape index (κ1) is 18.5. The van der Waals surface area contributed by atoms with E-state index in [1.54, 1.807) is 14.2 Å². The van der Waals surface area contributed by atoms with Gasteiger partial charge in [0.15, 0.2) is 11.5 Å². The number of para-hydroxylation sites is 1. The van der Waals surface area contributed by atoms with E-state index in [-0.39, 0.29) is 11.8 Å². The van der Waals surface area contributed by atoms with Gasteiger partial charge in [-0.1, -0.05) is 18.2 Å². The van der Waals surface area contributed by atoms with Crippen LogP contribution >= 0.6 is 0 Å². The van der Waals surface area contributed by atoms with Crippen molar-refractivity contribution in [2.75, 3.05) is 34.0 Å². The lowest BCUT2D eigenvalue weighted by atomic mass is 9.95. The molecule has 2 aliphatic heterocycles. The van der Waals surface area contributed by atoms with E-state index in [0.717, 1.165) is 34.8 Å². The minimum absolute atomic E-state index is 0.122. The van der Waals surface area contributed by atoms with Crippen molar-refractivity contribution in [1.82, 2.24) is 4.90 Å². The van der Waals surface area contributed by atoms with Crippen molar-refractivity contribution in [2.45, 2.75) is 19.4 Å². The van der Waals surface area contributed by atoms with Crippen LogP contribution in [0, 0.1) is 5.92 Å². The molecular formula is C22H25NO5. The Morgan fingerprint density at radius 1 is 1.11 bits per heavy atom. The molecule has 4 rings (SSSR count). The predicted octanol–water partition coefficient (Wildman–Crippen LogP) is 3.07. The van der Waals surface area contributed by atoms with Crippen LogP contribution in [0.4, 0.5) is 0 Å². The van der Waals surface area contributed by atoms with E-state index in [2.05, 4.69) is 0 Å². The Morgan fingerprint density at radius 2 is 2.00 bits per heavy atom. The van der Waals surface area contributed by atoms with Gasteiger partial charge in [0.2, 0.25) is 5.91 Å². The maximum atomic E-state index is 13.3. The van der Waals surface area contributed by atoms with Crippen LogP contribution in [-0.4, -0.2) is 44.8 Å². The van der Waals surface area contributed by atoms with E-state index in [0.29, 0.717) is 38.5 Å². The largest absolute Gasteiger partial charge is 0.497 e. The summed E-state index contributed by atoms with van der Waals surface area (Å²) in [5.41, 5.74) is 2.01. The number of ether oxygens (including phenoxy) is 4. The van der Waals surface area contributed by atoms with Crippen LogP contribution in [0.15, 0.2) is 36.4 Å². The highest BCUT2D eigenvalue weighted by Crippen LogP contribution is 2.35. The molecule has 2 aromatic carbocycles. The lowest BCUT2D eigenvalue weighted by molar-refractivity contribution is -0.137. The smallest absolute Gasteiger partial charge is 0.229 e. The van der Waals surface area contributed by atoms with Crippen LogP contribution in [0.3, 0.4) is 0 Å². The van der Waals surface area contributed by atoms with E-state index >= 15 is 0 Å². The van der Waals surface area contributed by atoms with Crippen LogP contribution in [0.1, 0.15) is 17.5 Å². The first-order valence-corrected chi connectivity index (χ1v) is 9.56. The average molecular weight is 383 g/mol. The van der Waals surface area contributed by atoms with Crippen molar-refractivity contribution < 1.29 is 23.7 Å². The molecule has 0 aliphatic carbocycles. The molecule has 0 spiro atoms. The summed E-state index contributed by atoms with van der Waals surface area (Å²) in [5, 5.41) is 0. The van der Waals surface area contributed by atoms with Gasteiger partial charge in [0, 0.05) is 24.7 Å². The van der Waals surface area contributed by atoms with Gasteiger partial charge in [0.1, 0.15) is 18.1 Å². The van der Waals surface area contributed by atoms with Gasteiger partial charge in [0.25, 0.3) is 0 Å². The second-order valence-corrected chi connectivity index (χ2v) is 7.10. The normalized spacial score (nSPS) is 18.5. The fourth-order valence-corrected chi connectivity index (χ4v) is 3.81. The standard InChI is InChI=1S/C22H25NO5/c1-25-18-8-7-15-11-17(14-28-20(15)12-18)22(24)23-9-4-10-27-21-16(13-23)5-3-6-19(21)26-2/h3,5-8,12,17H,4,9-11,13-14H2,1-2H3/t17-/m0/s1. The number of methoxy groups -OCH3 is 2. The van der Waals surface area contributed by atoms with Crippen molar-refractivity contribution in [3.05, 3.63) is 47.5 Å². The molecule has 0 radical (unpaired) electrons. The quantitative estimate of drug-likeness (QED) is 0.815. The molecule has 0 unspecified atom stereocenters. The summed E-state index contributed by atoms with van der Waals surface area (Å²) >= 11 is 0. The lowest BCUT2D eigenvalue weighted by Gasteiger charge is -2.32. The second-order valence-electron chi connectivity index (χ2n) is 7.10. The number of nitrogens with zero attached hydrogens (tertiary/aromatic N) is 1. The molecular weight excluding hydrogens is 358 g/mol. The fourth-order valence-electron chi connectivity index (χ4n) is 3.81. The molecule has 2 aliphatic rings. The molecule has 148 valence electrons. The van der Waals surface area contributed by atoms with Gasteiger partial charge in [-0.15, -0.1) is 0 Å². The SMILES string of the molecule is COc1ccc2c(c1)OC[C@@H](C(=O)N1CCCOc3c(cccc3OC)C1)C2. The zero-order chi connectivity index (χ0) is 19.5. The highest BCUT2D eigenvalue weighted by molar-refractivity contribution is 5.80. The minimum atomic E-state index is -0.185. The average Bonchev–Trinajstić information content (AvgIpc) is 2.72. The molecule has 1 atom stereocenters. The monoisotopic (exact) mass is 383 g/mol. The number of fused-ring (bicyclic) bond motifs is 2. The van der Waals surface area contributed by atoms with Crippen LogP contribution in [0.25, 0.3) is 0 Å². The molecule has 0 bridgehead atoms. The Labute approximate surface area is 165 Å². The number of hydrogen-bond donors (Lipinski definition) is 0. The third-order valence-electron chi connectivity index (χ3n) is 5.30. The number of hydrogen-bond acceptors (Lipinski definition) is 5.